The summed E-state index contributed by atoms with van der Waals surface area (Å²) in [6, 6.07) is 9.58. The molecule has 2 aromatic carbocycles. The number of hydrogen-bond donors (Lipinski definition) is 1. The van der Waals surface area contributed by atoms with E-state index in [1.165, 1.54) is 6.07 Å². The van der Waals surface area contributed by atoms with E-state index in [0.717, 1.165) is 6.07 Å². The molecule has 1 aliphatic heterocycles. The Morgan fingerprint density at radius 3 is 2.61 bits per heavy atom. The number of carbonyl (C=O) groups excluding carboxylic acids is 2. The first-order chi connectivity index (χ1) is 13.2. The molecule has 0 saturated heterocycles. The van der Waals surface area contributed by atoms with Gasteiger partial charge in [0.05, 0.1) is 11.3 Å². The van der Waals surface area contributed by atoms with Gasteiger partial charge >= 0.3 is 12.1 Å². The molecule has 0 aromatic heterocycles. The van der Waals surface area contributed by atoms with Crippen molar-refractivity contribution in [3.8, 4) is 11.5 Å². The Labute approximate surface area is 162 Å². The van der Waals surface area contributed by atoms with E-state index in [1.807, 2.05) is 0 Å². The molecule has 0 bridgehead atoms. The van der Waals surface area contributed by atoms with Gasteiger partial charge in [0.15, 0.2) is 18.1 Å². The van der Waals surface area contributed by atoms with Crippen LogP contribution in [0.25, 0.3) is 0 Å². The molecule has 148 valence electrons. The summed E-state index contributed by atoms with van der Waals surface area (Å²) in [5, 5.41) is 1.92. The maximum atomic E-state index is 13.0. The molecule has 28 heavy (non-hydrogen) atoms. The van der Waals surface area contributed by atoms with Crippen molar-refractivity contribution in [2.75, 3.05) is 18.5 Å². The number of benzene rings is 2. The lowest BCUT2D eigenvalue weighted by Crippen LogP contribution is -2.39. The van der Waals surface area contributed by atoms with Crippen LogP contribution in [0.1, 0.15) is 5.56 Å². The minimum absolute atomic E-state index is 0.118. The number of anilines is 1. The van der Waals surface area contributed by atoms with E-state index >= 15 is 0 Å². The van der Waals surface area contributed by atoms with Gasteiger partial charge in [-0.2, -0.15) is 13.2 Å². The van der Waals surface area contributed by atoms with Crippen LogP contribution in [0, 0.1) is 0 Å². The van der Waals surface area contributed by atoms with Crippen molar-refractivity contribution in [2.24, 2.45) is 0 Å². The molecule has 1 N–H and O–H groups in total. The van der Waals surface area contributed by atoms with Crippen LogP contribution in [0.4, 0.5) is 18.9 Å². The topological polar surface area (TPSA) is 73.9 Å². The number of amides is 1. The summed E-state index contributed by atoms with van der Waals surface area (Å²) in [6.45, 7) is -0.910. The molecular formula is C18H13ClF3NO5. The van der Waals surface area contributed by atoms with Gasteiger partial charge in [-0.25, -0.2) is 4.79 Å². The third-order valence-electron chi connectivity index (χ3n) is 3.68. The lowest BCUT2D eigenvalue weighted by molar-refractivity contribution is -0.156. The highest BCUT2D eigenvalue weighted by atomic mass is 35.5. The second-order valence-corrected chi connectivity index (χ2v) is 6.14. The summed E-state index contributed by atoms with van der Waals surface area (Å²) in [6.07, 6.45) is -5.81. The smallest absolute Gasteiger partial charge is 0.418 e. The van der Waals surface area contributed by atoms with Gasteiger partial charge in [-0.05, 0) is 30.3 Å². The zero-order valence-corrected chi connectivity index (χ0v) is 14.8. The molecule has 1 atom stereocenters. The van der Waals surface area contributed by atoms with Crippen molar-refractivity contribution in [3.05, 3.63) is 53.1 Å². The zero-order chi connectivity index (χ0) is 20.3. The van der Waals surface area contributed by atoms with Crippen LogP contribution >= 0.6 is 11.6 Å². The highest BCUT2D eigenvalue weighted by molar-refractivity contribution is 6.30. The van der Waals surface area contributed by atoms with Crippen LogP contribution in [0.3, 0.4) is 0 Å². The number of fused-ring (bicyclic) bond motifs is 1. The summed E-state index contributed by atoms with van der Waals surface area (Å²) >= 11 is 5.58. The third kappa shape index (κ3) is 4.66. The number of esters is 1. The second kappa shape index (κ2) is 7.97. The minimum Gasteiger partial charge on any atom is -0.485 e. The van der Waals surface area contributed by atoms with Crippen molar-refractivity contribution in [1.82, 2.24) is 0 Å². The average molecular weight is 416 g/mol. The largest absolute Gasteiger partial charge is 0.485 e. The molecule has 0 saturated carbocycles. The molecule has 3 rings (SSSR count). The fourth-order valence-corrected chi connectivity index (χ4v) is 2.58. The van der Waals surface area contributed by atoms with Gasteiger partial charge < -0.3 is 19.5 Å². The molecule has 0 unspecified atom stereocenters. The molecule has 6 nitrogen and oxygen atoms in total. The number of para-hydroxylation sites is 2. The van der Waals surface area contributed by atoms with Gasteiger partial charge in [-0.15, -0.1) is 0 Å². The molecule has 0 fully saturated rings. The van der Waals surface area contributed by atoms with Crippen molar-refractivity contribution >= 4 is 29.2 Å². The first-order valence-electron chi connectivity index (χ1n) is 7.96. The van der Waals surface area contributed by atoms with E-state index in [9.17, 15) is 22.8 Å². The van der Waals surface area contributed by atoms with Gasteiger partial charge in [-0.3, -0.25) is 4.79 Å². The minimum atomic E-state index is -4.72. The number of alkyl halides is 3. The lowest BCUT2D eigenvalue weighted by atomic mass is 10.1. The first kappa shape index (κ1) is 19.8. The predicted molar refractivity (Wildman–Crippen MR) is 92.4 cm³/mol. The van der Waals surface area contributed by atoms with Crippen LogP contribution in [-0.4, -0.2) is 31.2 Å². The molecule has 1 amide bonds. The fraction of sp³-hybridized carbons (Fsp3) is 0.222. The predicted octanol–water partition coefficient (Wildman–Crippen LogP) is 3.68. The molecule has 1 aliphatic rings. The summed E-state index contributed by atoms with van der Waals surface area (Å²) in [5.74, 6) is -1.02. The van der Waals surface area contributed by atoms with E-state index in [0.29, 0.717) is 17.6 Å². The molecule has 2 aromatic rings. The first-order valence-corrected chi connectivity index (χ1v) is 8.33. The average Bonchev–Trinajstić information content (AvgIpc) is 2.66. The van der Waals surface area contributed by atoms with Gasteiger partial charge in [-0.1, -0.05) is 23.7 Å². The van der Waals surface area contributed by atoms with E-state index in [4.69, 9.17) is 25.8 Å². The normalized spacial score (nSPS) is 15.6. The van der Waals surface area contributed by atoms with Crippen LogP contribution in [-0.2, 0) is 20.5 Å². The Balaban J connectivity index is 1.57. The number of nitrogens with one attached hydrogen (secondary N) is 1. The van der Waals surface area contributed by atoms with Crippen LogP contribution in [0.15, 0.2) is 42.5 Å². The van der Waals surface area contributed by atoms with Crippen molar-refractivity contribution in [1.29, 1.82) is 0 Å². The SMILES string of the molecule is O=C(COC(=O)[C@@H]1COc2ccccc2O1)Nc1ccc(Cl)cc1C(F)(F)F. The van der Waals surface area contributed by atoms with Crippen LogP contribution < -0.4 is 14.8 Å². The fourth-order valence-electron chi connectivity index (χ4n) is 2.41. The van der Waals surface area contributed by atoms with Gasteiger partial charge in [0.2, 0.25) is 6.10 Å². The number of carbonyl (C=O) groups is 2. The van der Waals surface area contributed by atoms with Crippen molar-refractivity contribution < 1.29 is 37.0 Å². The Kier molecular flexibility index (Phi) is 5.64. The monoisotopic (exact) mass is 415 g/mol. The third-order valence-corrected chi connectivity index (χ3v) is 3.91. The van der Waals surface area contributed by atoms with E-state index in [1.54, 1.807) is 24.3 Å². The second-order valence-electron chi connectivity index (χ2n) is 5.71. The number of halogens is 4. The van der Waals surface area contributed by atoms with Gasteiger partial charge in [0.1, 0.15) is 6.61 Å². The van der Waals surface area contributed by atoms with E-state index in [2.05, 4.69) is 5.32 Å². The summed E-state index contributed by atoms with van der Waals surface area (Å²) < 4.78 is 54.7. The standard InChI is InChI=1S/C18H13ClF3NO5/c19-10-5-6-12(11(7-10)18(20,21)22)23-16(24)9-27-17(25)15-8-26-13-3-1-2-4-14(13)28-15/h1-7,15H,8-9H2,(H,23,24)/t15-/m0/s1. The molecule has 1 heterocycles. The number of rotatable bonds is 4. The van der Waals surface area contributed by atoms with E-state index < -0.39 is 42.0 Å². The molecule has 10 heteroatoms. The molecule has 0 aliphatic carbocycles. The molecular weight excluding hydrogens is 403 g/mol. The summed E-state index contributed by atoms with van der Waals surface area (Å²) in [5.41, 5.74) is -1.61. The Bertz CT molecular complexity index is 903. The van der Waals surface area contributed by atoms with E-state index in [-0.39, 0.29) is 11.6 Å². The van der Waals surface area contributed by atoms with Crippen molar-refractivity contribution in [2.45, 2.75) is 12.3 Å². The highest BCUT2D eigenvalue weighted by Gasteiger charge is 2.34. The van der Waals surface area contributed by atoms with Crippen molar-refractivity contribution in [3.63, 3.8) is 0 Å². The summed E-state index contributed by atoms with van der Waals surface area (Å²) in [7, 11) is 0. The Hall–Kier alpha value is -2.94. The summed E-state index contributed by atoms with van der Waals surface area (Å²) in [4.78, 5) is 23.9. The zero-order valence-electron chi connectivity index (χ0n) is 14.1. The maximum Gasteiger partial charge on any atom is 0.418 e. The van der Waals surface area contributed by atoms with Crippen LogP contribution in [0.2, 0.25) is 5.02 Å². The Morgan fingerprint density at radius 2 is 1.89 bits per heavy atom. The quantitative estimate of drug-likeness (QED) is 0.771. The Morgan fingerprint density at radius 1 is 1.18 bits per heavy atom. The molecule has 0 spiro atoms. The van der Waals surface area contributed by atoms with Crippen LogP contribution in [0.5, 0.6) is 11.5 Å². The lowest BCUT2D eigenvalue weighted by Gasteiger charge is -2.24. The molecule has 0 radical (unpaired) electrons. The number of ether oxygens (including phenoxy) is 3. The number of hydrogen-bond acceptors (Lipinski definition) is 5. The van der Waals surface area contributed by atoms with Gasteiger partial charge in [0.25, 0.3) is 5.91 Å². The van der Waals surface area contributed by atoms with Gasteiger partial charge in [0, 0.05) is 5.02 Å². The maximum absolute atomic E-state index is 13.0. The highest BCUT2D eigenvalue weighted by Crippen LogP contribution is 2.36.